The van der Waals surface area contributed by atoms with Gasteiger partial charge < -0.3 is 9.47 Å². The number of hydrazine groups is 1. The number of ether oxygens (including phenoxy) is 2. The molecule has 4 amide bonds. The van der Waals surface area contributed by atoms with Crippen LogP contribution in [-0.2, 0) is 14.4 Å². The number of carbonyl (C=O) groups is 4. The number of amides is 4. The Labute approximate surface area is 195 Å². The molecular weight excluding hydrogens is 438 g/mol. The van der Waals surface area contributed by atoms with Crippen molar-refractivity contribution in [3.05, 3.63) is 66.2 Å². The van der Waals surface area contributed by atoms with E-state index in [2.05, 4.69) is 5.43 Å². The Balaban J connectivity index is 1.63. The third kappa shape index (κ3) is 4.15. The zero-order valence-corrected chi connectivity index (χ0v) is 18.9. The van der Waals surface area contributed by atoms with Crippen molar-refractivity contribution in [3.8, 4) is 11.5 Å². The van der Waals surface area contributed by atoms with Gasteiger partial charge in [0.25, 0.3) is 11.8 Å². The fourth-order valence-corrected chi connectivity index (χ4v) is 3.98. The molecule has 1 fully saturated rings. The number of imide groups is 1. The molecule has 0 bridgehead atoms. The van der Waals surface area contributed by atoms with Crippen LogP contribution in [-0.4, -0.2) is 48.9 Å². The number of hydrogen-bond donors (Lipinski definition) is 1. The van der Waals surface area contributed by atoms with Crippen LogP contribution >= 0.6 is 0 Å². The van der Waals surface area contributed by atoms with Crippen molar-refractivity contribution in [2.45, 2.75) is 19.4 Å². The van der Waals surface area contributed by atoms with Gasteiger partial charge in [0, 0.05) is 30.7 Å². The molecule has 1 N–H and O–H groups in total. The van der Waals surface area contributed by atoms with Gasteiger partial charge in [-0.05, 0) is 16.8 Å². The predicted octanol–water partition coefficient (Wildman–Crippen LogP) is 2.68. The minimum Gasteiger partial charge on any atom is -0.497 e. The minimum absolute atomic E-state index is 0.248. The molecule has 9 heteroatoms. The highest BCUT2D eigenvalue weighted by molar-refractivity contribution is 6.23. The third-order valence-electron chi connectivity index (χ3n) is 5.62. The average Bonchev–Trinajstić information content (AvgIpc) is 3.14. The molecule has 3 aromatic rings. The molecular formula is C25H23N3O6. The normalized spacial score (nSPS) is 15.4. The molecule has 0 aromatic heterocycles. The van der Waals surface area contributed by atoms with E-state index in [0.29, 0.717) is 22.4 Å². The summed E-state index contributed by atoms with van der Waals surface area (Å²) in [5.41, 5.74) is 3.12. The van der Waals surface area contributed by atoms with Crippen molar-refractivity contribution in [2.24, 2.45) is 0 Å². The maximum atomic E-state index is 13.3. The molecule has 3 aromatic carbocycles. The Bertz CT molecular complexity index is 1280. The van der Waals surface area contributed by atoms with E-state index in [4.69, 9.17) is 9.47 Å². The SMILES string of the molecule is COc1cc(OC)cc(N2C(=O)CC(N(NC(=O)c3cccc4ccccc34)C(C)=O)C2=O)c1. The van der Waals surface area contributed by atoms with Crippen molar-refractivity contribution in [1.29, 1.82) is 0 Å². The lowest BCUT2D eigenvalue weighted by molar-refractivity contribution is -0.139. The van der Waals surface area contributed by atoms with Crippen LogP contribution in [0.15, 0.2) is 60.7 Å². The van der Waals surface area contributed by atoms with Crippen molar-refractivity contribution >= 4 is 40.1 Å². The second kappa shape index (κ2) is 9.22. The molecule has 1 saturated heterocycles. The van der Waals surface area contributed by atoms with Crippen LogP contribution in [0.5, 0.6) is 11.5 Å². The van der Waals surface area contributed by atoms with Gasteiger partial charge in [-0.2, -0.15) is 0 Å². The molecule has 1 heterocycles. The highest BCUT2D eigenvalue weighted by atomic mass is 16.5. The van der Waals surface area contributed by atoms with Gasteiger partial charge in [-0.1, -0.05) is 36.4 Å². The van der Waals surface area contributed by atoms with E-state index in [1.54, 1.807) is 30.3 Å². The highest BCUT2D eigenvalue weighted by Gasteiger charge is 2.45. The van der Waals surface area contributed by atoms with Crippen LogP contribution in [0.3, 0.4) is 0 Å². The summed E-state index contributed by atoms with van der Waals surface area (Å²) in [6, 6.07) is 16.0. The Morgan fingerprint density at radius 1 is 0.971 bits per heavy atom. The van der Waals surface area contributed by atoms with Gasteiger partial charge >= 0.3 is 0 Å². The molecule has 34 heavy (non-hydrogen) atoms. The van der Waals surface area contributed by atoms with Gasteiger partial charge in [-0.25, -0.2) is 9.91 Å². The third-order valence-corrected chi connectivity index (χ3v) is 5.62. The molecule has 4 rings (SSSR count). The maximum Gasteiger partial charge on any atom is 0.270 e. The Kier molecular flexibility index (Phi) is 6.18. The Morgan fingerprint density at radius 3 is 2.26 bits per heavy atom. The van der Waals surface area contributed by atoms with Gasteiger partial charge in [-0.3, -0.25) is 24.6 Å². The van der Waals surface area contributed by atoms with Crippen molar-refractivity contribution in [1.82, 2.24) is 10.4 Å². The van der Waals surface area contributed by atoms with Gasteiger partial charge in [0.05, 0.1) is 26.3 Å². The zero-order chi connectivity index (χ0) is 24.4. The first-order valence-corrected chi connectivity index (χ1v) is 10.5. The van der Waals surface area contributed by atoms with Crippen LogP contribution in [0.2, 0.25) is 0 Å². The van der Waals surface area contributed by atoms with Crippen molar-refractivity contribution < 1.29 is 28.7 Å². The fraction of sp³-hybridized carbons (Fsp3) is 0.200. The summed E-state index contributed by atoms with van der Waals surface area (Å²) < 4.78 is 10.5. The van der Waals surface area contributed by atoms with E-state index in [-0.39, 0.29) is 12.1 Å². The van der Waals surface area contributed by atoms with E-state index in [1.807, 2.05) is 18.2 Å². The molecule has 1 aliphatic rings. The minimum atomic E-state index is -1.19. The molecule has 1 unspecified atom stereocenters. The lowest BCUT2D eigenvalue weighted by Gasteiger charge is -2.27. The summed E-state index contributed by atoms with van der Waals surface area (Å²) in [5, 5.41) is 2.47. The molecule has 0 aliphatic carbocycles. The summed E-state index contributed by atoms with van der Waals surface area (Å²) in [6.45, 7) is 1.22. The van der Waals surface area contributed by atoms with Crippen LogP contribution in [0, 0.1) is 0 Å². The predicted molar refractivity (Wildman–Crippen MR) is 124 cm³/mol. The van der Waals surface area contributed by atoms with E-state index < -0.39 is 29.7 Å². The molecule has 1 atom stereocenters. The second-order valence-corrected chi connectivity index (χ2v) is 7.71. The van der Waals surface area contributed by atoms with Gasteiger partial charge in [-0.15, -0.1) is 0 Å². The first kappa shape index (κ1) is 22.8. The first-order valence-electron chi connectivity index (χ1n) is 10.5. The quantitative estimate of drug-likeness (QED) is 0.463. The second-order valence-electron chi connectivity index (χ2n) is 7.71. The molecule has 9 nitrogen and oxygen atoms in total. The average molecular weight is 461 g/mol. The lowest BCUT2D eigenvalue weighted by atomic mass is 10.0. The number of nitrogens with one attached hydrogen (secondary N) is 1. The smallest absolute Gasteiger partial charge is 0.270 e. The van der Waals surface area contributed by atoms with Gasteiger partial charge in [0.15, 0.2) is 0 Å². The number of methoxy groups -OCH3 is 2. The van der Waals surface area contributed by atoms with Gasteiger partial charge in [0.2, 0.25) is 11.8 Å². The summed E-state index contributed by atoms with van der Waals surface area (Å²) in [6.07, 6.45) is -0.284. The fourth-order valence-electron chi connectivity index (χ4n) is 3.98. The molecule has 0 spiro atoms. The van der Waals surface area contributed by atoms with Crippen LogP contribution in [0.4, 0.5) is 5.69 Å². The lowest BCUT2D eigenvalue weighted by Crippen LogP contribution is -2.54. The highest BCUT2D eigenvalue weighted by Crippen LogP contribution is 2.32. The number of fused-ring (bicyclic) bond motifs is 1. The number of hydrogen-bond acceptors (Lipinski definition) is 6. The Morgan fingerprint density at radius 2 is 1.62 bits per heavy atom. The van der Waals surface area contributed by atoms with Crippen molar-refractivity contribution in [2.75, 3.05) is 19.1 Å². The molecule has 174 valence electrons. The van der Waals surface area contributed by atoms with E-state index in [9.17, 15) is 19.2 Å². The number of benzene rings is 3. The summed E-state index contributed by atoms with van der Waals surface area (Å²) in [5.74, 6) is -1.51. The van der Waals surface area contributed by atoms with Crippen molar-refractivity contribution in [3.63, 3.8) is 0 Å². The largest absolute Gasteiger partial charge is 0.497 e. The standard InChI is InChI=1S/C25H23N3O6/c1-15(29)28(26-24(31)21-10-6-8-16-7-4-5-9-20(16)21)22-14-23(30)27(25(22)32)17-11-18(33-2)13-19(12-17)34-3/h4-13,22H,14H2,1-3H3,(H,26,31). The number of nitrogens with zero attached hydrogens (tertiary/aromatic N) is 2. The molecule has 0 radical (unpaired) electrons. The first-order chi connectivity index (χ1) is 16.3. The monoisotopic (exact) mass is 461 g/mol. The van der Waals surface area contributed by atoms with Gasteiger partial charge in [0.1, 0.15) is 17.5 Å². The number of rotatable bonds is 5. The number of anilines is 1. The topological polar surface area (TPSA) is 105 Å². The summed E-state index contributed by atoms with van der Waals surface area (Å²) >= 11 is 0. The van der Waals surface area contributed by atoms with Crippen LogP contribution in [0.1, 0.15) is 23.7 Å². The molecule has 0 saturated carbocycles. The van der Waals surface area contributed by atoms with E-state index in [1.165, 1.54) is 33.3 Å². The molecule has 1 aliphatic heterocycles. The summed E-state index contributed by atoms with van der Waals surface area (Å²) in [4.78, 5) is 52.6. The zero-order valence-electron chi connectivity index (χ0n) is 18.9. The van der Waals surface area contributed by atoms with E-state index >= 15 is 0 Å². The Hall–Kier alpha value is -4.40. The maximum absolute atomic E-state index is 13.3. The van der Waals surface area contributed by atoms with E-state index in [0.717, 1.165) is 15.3 Å². The summed E-state index contributed by atoms with van der Waals surface area (Å²) in [7, 11) is 2.91. The number of carbonyl (C=O) groups excluding carboxylic acids is 4. The van der Waals surface area contributed by atoms with Crippen LogP contribution < -0.4 is 19.8 Å². The van der Waals surface area contributed by atoms with Crippen LogP contribution in [0.25, 0.3) is 10.8 Å².